The second-order valence-corrected chi connectivity index (χ2v) is 12.6. The number of ether oxygens (including phenoxy) is 2. The van der Waals surface area contributed by atoms with Crippen molar-refractivity contribution in [3.8, 4) is 28.7 Å². The van der Waals surface area contributed by atoms with Crippen molar-refractivity contribution < 1.29 is 9.47 Å². The second-order valence-electron chi connectivity index (χ2n) is 12.6. The van der Waals surface area contributed by atoms with Gasteiger partial charge in [0.25, 0.3) is 6.71 Å². The van der Waals surface area contributed by atoms with Gasteiger partial charge in [-0.1, -0.05) is 84.4 Å². The molecule has 8 aromatic rings. The molecule has 226 valence electrons. The Hall–Kier alpha value is -6.20. The largest absolute Gasteiger partial charge is 0.458 e. The molecule has 7 aromatic carbocycles. The number of rotatable bonds is 4. The molecule has 0 unspecified atom stereocenters. The monoisotopic (exact) mass is 616 g/mol. The predicted molar refractivity (Wildman–Crippen MR) is 198 cm³/mol. The first-order valence-corrected chi connectivity index (χ1v) is 16.4. The lowest BCUT2D eigenvalue weighted by Gasteiger charge is -2.32. The summed E-state index contributed by atoms with van der Waals surface area (Å²) in [4.78, 5) is 2.33. The number of nitrogens with zero attached hydrogens (tertiary/aromatic N) is 2. The minimum atomic E-state index is 0.00204. The van der Waals surface area contributed by atoms with Crippen LogP contribution < -0.4 is 30.8 Å². The summed E-state index contributed by atoms with van der Waals surface area (Å²) in [6, 6.07) is 55.9. The maximum atomic E-state index is 6.70. The molecular formula is C43H29BN2O2. The normalized spacial score (nSPS) is 12.6. The molecule has 3 heterocycles. The number of anilines is 3. The smallest absolute Gasteiger partial charge is 0.260 e. The van der Waals surface area contributed by atoms with E-state index >= 15 is 0 Å². The fourth-order valence-corrected chi connectivity index (χ4v) is 7.59. The molecule has 0 saturated carbocycles. The highest BCUT2D eigenvalue weighted by Gasteiger charge is 2.40. The van der Waals surface area contributed by atoms with E-state index in [0.717, 1.165) is 78.6 Å². The number of aromatic nitrogens is 1. The Morgan fingerprint density at radius 1 is 0.479 bits per heavy atom. The van der Waals surface area contributed by atoms with Crippen molar-refractivity contribution in [3.05, 3.63) is 163 Å². The Morgan fingerprint density at radius 3 is 1.90 bits per heavy atom. The Labute approximate surface area is 279 Å². The summed E-state index contributed by atoms with van der Waals surface area (Å²) in [6.07, 6.45) is 0. The Balaban J connectivity index is 1.25. The molecule has 2 aliphatic rings. The summed E-state index contributed by atoms with van der Waals surface area (Å²) in [5, 5.41) is 2.33. The zero-order chi connectivity index (χ0) is 31.8. The lowest BCUT2D eigenvalue weighted by Crippen LogP contribution is -2.57. The third-order valence-electron chi connectivity index (χ3n) is 9.76. The SMILES string of the molecule is Cc1ccc(N(c2ccccc2)c2ccc3c4cc5c(cc4n(-c4ccccc4)c3c2)B2c3ccccc3Oc3cccc(c32)O5)cc1. The van der Waals surface area contributed by atoms with Crippen LogP contribution in [0.4, 0.5) is 17.1 Å². The highest BCUT2D eigenvalue weighted by atomic mass is 16.5. The van der Waals surface area contributed by atoms with Crippen molar-refractivity contribution in [2.24, 2.45) is 0 Å². The van der Waals surface area contributed by atoms with Gasteiger partial charge in [0.2, 0.25) is 0 Å². The Morgan fingerprint density at radius 2 is 1.10 bits per heavy atom. The van der Waals surface area contributed by atoms with Crippen LogP contribution in [0, 0.1) is 6.92 Å². The van der Waals surface area contributed by atoms with E-state index in [1.807, 2.05) is 18.2 Å². The fraction of sp³-hybridized carbons (Fsp3) is 0.0233. The maximum absolute atomic E-state index is 6.70. The molecule has 2 aliphatic heterocycles. The van der Waals surface area contributed by atoms with Gasteiger partial charge in [0.15, 0.2) is 0 Å². The summed E-state index contributed by atoms with van der Waals surface area (Å²) in [6.45, 7) is 2.13. The van der Waals surface area contributed by atoms with Crippen LogP contribution in [-0.2, 0) is 0 Å². The van der Waals surface area contributed by atoms with Crippen LogP contribution in [0.15, 0.2) is 158 Å². The molecule has 0 spiro atoms. The van der Waals surface area contributed by atoms with Gasteiger partial charge < -0.3 is 18.9 Å². The minimum absolute atomic E-state index is 0.00204. The first kappa shape index (κ1) is 27.0. The van der Waals surface area contributed by atoms with E-state index in [0.29, 0.717) is 0 Å². The van der Waals surface area contributed by atoms with Gasteiger partial charge in [0.05, 0.1) is 11.0 Å². The second kappa shape index (κ2) is 10.4. The molecule has 1 aromatic heterocycles. The number of para-hydroxylation sites is 3. The van der Waals surface area contributed by atoms with Crippen LogP contribution in [0.1, 0.15) is 5.56 Å². The highest BCUT2D eigenvalue weighted by molar-refractivity contribution is 6.98. The van der Waals surface area contributed by atoms with Gasteiger partial charge in [-0.25, -0.2) is 0 Å². The average Bonchev–Trinajstić information content (AvgIpc) is 3.45. The van der Waals surface area contributed by atoms with E-state index in [2.05, 4.69) is 156 Å². The maximum Gasteiger partial charge on any atom is 0.260 e. The molecule has 0 N–H and O–H groups in total. The van der Waals surface area contributed by atoms with Crippen molar-refractivity contribution in [2.45, 2.75) is 6.92 Å². The van der Waals surface area contributed by atoms with E-state index < -0.39 is 0 Å². The number of aryl methyl sites for hydroxylation is 1. The van der Waals surface area contributed by atoms with Crippen molar-refractivity contribution in [2.75, 3.05) is 4.90 Å². The summed E-state index contributed by atoms with van der Waals surface area (Å²) in [7, 11) is 0. The molecule has 0 saturated heterocycles. The van der Waals surface area contributed by atoms with Crippen molar-refractivity contribution in [1.82, 2.24) is 4.57 Å². The summed E-state index contributed by atoms with van der Waals surface area (Å²) in [5.74, 6) is 3.48. The first-order chi connectivity index (χ1) is 23.7. The number of hydrogen-bond donors (Lipinski definition) is 0. The van der Waals surface area contributed by atoms with E-state index in [1.165, 1.54) is 10.9 Å². The van der Waals surface area contributed by atoms with Gasteiger partial charge in [-0.2, -0.15) is 0 Å². The van der Waals surface area contributed by atoms with E-state index in [-0.39, 0.29) is 6.71 Å². The first-order valence-electron chi connectivity index (χ1n) is 16.4. The van der Waals surface area contributed by atoms with Crippen LogP contribution in [0.5, 0.6) is 23.0 Å². The highest BCUT2D eigenvalue weighted by Crippen LogP contribution is 2.42. The molecule has 48 heavy (non-hydrogen) atoms. The molecule has 0 fully saturated rings. The molecular weight excluding hydrogens is 587 g/mol. The fourth-order valence-electron chi connectivity index (χ4n) is 7.59. The van der Waals surface area contributed by atoms with Crippen LogP contribution in [-0.4, -0.2) is 11.3 Å². The Kier molecular flexibility index (Phi) is 5.85. The summed E-state index contributed by atoms with van der Waals surface area (Å²) >= 11 is 0. The molecule has 0 atom stereocenters. The molecule has 4 nitrogen and oxygen atoms in total. The molecule has 0 bridgehead atoms. The zero-order valence-electron chi connectivity index (χ0n) is 26.3. The van der Waals surface area contributed by atoms with Crippen LogP contribution in [0.2, 0.25) is 0 Å². The molecule has 0 aliphatic carbocycles. The van der Waals surface area contributed by atoms with Crippen molar-refractivity contribution in [1.29, 1.82) is 0 Å². The van der Waals surface area contributed by atoms with Gasteiger partial charge in [-0.05, 0) is 96.7 Å². The Bertz CT molecular complexity index is 2520. The van der Waals surface area contributed by atoms with Gasteiger partial charge >= 0.3 is 0 Å². The van der Waals surface area contributed by atoms with E-state index in [1.54, 1.807) is 0 Å². The summed E-state index contributed by atoms with van der Waals surface area (Å²) < 4.78 is 15.5. The van der Waals surface area contributed by atoms with Crippen molar-refractivity contribution >= 4 is 62.0 Å². The van der Waals surface area contributed by atoms with Gasteiger partial charge in [0.1, 0.15) is 23.0 Å². The van der Waals surface area contributed by atoms with Crippen molar-refractivity contribution in [3.63, 3.8) is 0 Å². The lowest BCUT2D eigenvalue weighted by atomic mass is 9.35. The van der Waals surface area contributed by atoms with Gasteiger partial charge in [0, 0.05) is 39.0 Å². The van der Waals surface area contributed by atoms with Gasteiger partial charge in [-0.3, -0.25) is 0 Å². The number of fused-ring (bicyclic) bond motifs is 7. The average molecular weight is 617 g/mol. The lowest BCUT2D eigenvalue weighted by molar-refractivity contribution is 0.465. The molecule has 0 radical (unpaired) electrons. The predicted octanol–water partition coefficient (Wildman–Crippen LogP) is 9.29. The minimum Gasteiger partial charge on any atom is -0.458 e. The van der Waals surface area contributed by atoms with Crippen LogP contribution in [0.25, 0.3) is 27.5 Å². The number of benzene rings is 7. The number of hydrogen-bond acceptors (Lipinski definition) is 3. The van der Waals surface area contributed by atoms with Gasteiger partial charge in [-0.15, -0.1) is 0 Å². The molecule has 0 amide bonds. The molecule has 10 rings (SSSR count). The zero-order valence-corrected chi connectivity index (χ0v) is 26.3. The molecule has 5 heteroatoms. The van der Waals surface area contributed by atoms with E-state index in [9.17, 15) is 0 Å². The quantitative estimate of drug-likeness (QED) is 0.185. The third-order valence-corrected chi connectivity index (χ3v) is 9.76. The van der Waals surface area contributed by atoms with E-state index in [4.69, 9.17) is 9.47 Å². The third kappa shape index (κ3) is 4.04. The standard InChI is InChI=1S/C43H29BN2O2/c1-28-19-21-31(22-20-28)45(29-11-4-2-5-12-29)32-23-24-33-34-26-42-36(27-38(34)46(37(33)25-32)30-13-6-3-7-14-30)44-35-15-8-9-16-39(35)47-40-17-10-18-41(48-42)43(40)44/h2-27H,1H3. The topological polar surface area (TPSA) is 26.6 Å². The van der Waals surface area contributed by atoms with Crippen LogP contribution in [0.3, 0.4) is 0 Å². The van der Waals surface area contributed by atoms with Crippen LogP contribution >= 0.6 is 0 Å². The summed E-state index contributed by atoms with van der Waals surface area (Å²) in [5.41, 5.74) is 11.3.